The van der Waals surface area contributed by atoms with E-state index in [1.165, 1.54) is 12.3 Å². The molecule has 1 amide bonds. The monoisotopic (exact) mass is 373 g/mol. The van der Waals surface area contributed by atoms with Crippen molar-refractivity contribution in [3.05, 3.63) is 56.9 Å². The first-order valence-electron chi connectivity index (χ1n) is 8.92. The second-order valence-corrected chi connectivity index (χ2v) is 6.78. The van der Waals surface area contributed by atoms with Crippen LogP contribution in [0.4, 0.5) is 0 Å². The molecule has 0 fully saturated rings. The third kappa shape index (κ3) is 4.58. The van der Waals surface area contributed by atoms with Gasteiger partial charge in [0.15, 0.2) is 11.5 Å². The van der Waals surface area contributed by atoms with Crippen LogP contribution in [0.25, 0.3) is 0 Å². The second kappa shape index (κ2) is 8.11. The molecule has 144 valence electrons. The molecule has 2 N–H and O–H groups in total. The minimum atomic E-state index is -0.616. The van der Waals surface area contributed by atoms with Crippen LogP contribution in [0.2, 0.25) is 0 Å². The van der Waals surface area contributed by atoms with Crippen LogP contribution in [0.3, 0.4) is 0 Å². The van der Waals surface area contributed by atoms with Gasteiger partial charge in [0.2, 0.25) is 5.91 Å². The summed E-state index contributed by atoms with van der Waals surface area (Å²) in [5.41, 5.74) is -0.213. The fourth-order valence-corrected chi connectivity index (χ4v) is 2.95. The molecule has 8 nitrogen and oxygen atoms in total. The Hall–Kier alpha value is -3.03. The molecule has 0 aliphatic carbocycles. The molecule has 2 aromatic rings. The number of aromatic amines is 1. The van der Waals surface area contributed by atoms with Crippen LogP contribution in [0, 0.1) is 5.92 Å². The molecule has 2 heterocycles. The van der Waals surface area contributed by atoms with Gasteiger partial charge in [-0.25, -0.2) is 4.79 Å². The first kappa shape index (κ1) is 18.8. The quantitative estimate of drug-likeness (QED) is 0.820. The third-order valence-electron chi connectivity index (χ3n) is 4.32. The molecule has 3 rings (SSSR count). The largest absolute Gasteiger partial charge is 0.490 e. The van der Waals surface area contributed by atoms with Crippen LogP contribution in [-0.2, 0) is 11.3 Å². The van der Waals surface area contributed by atoms with E-state index < -0.39 is 11.2 Å². The van der Waals surface area contributed by atoms with Gasteiger partial charge in [0.05, 0.1) is 19.3 Å². The van der Waals surface area contributed by atoms with Crippen molar-refractivity contribution >= 4 is 5.91 Å². The Balaban J connectivity index is 1.77. The molecule has 0 radical (unpaired) electrons. The summed E-state index contributed by atoms with van der Waals surface area (Å²) in [6.07, 6.45) is 2.13. The Kier molecular flexibility index (Phi) is 5.63. The van der Waals surface area contributed by atoms with Crippen LogP contribution >= 0.6 is 0 Å². The topological polar surface area (TPSA) is 102 Å². The molecule has 1 aromatic heterocycles. The fraction of sp³-hybridized carbons (Fsp3) is 0.421. The minimum absolute atomic E-state index is 0.117. The number of hydrogen-bond donors (Lipinski definition) is 2. The van der Waals surface area contributed by atoms with Gasteiger partial charge in [-0.2, -0.15) is 0 Å². The molecule has 1 aromatic carbocycles. The van der Waals surface area contributed by atoms with Gasteiger partial charge in [0.1, 0.15) is 6.54 Å². The standard InChI is InChI=1S/C19H23N3O5/c1-12(2)18(13-4-5-14-15(10-13)27-9-3-8-26-14)20-17(24)11-22-7-6-16(23)21-19(22)25/h4-7,10,12,18H,3,8-9,11H2,1-2H3,(H,20,24)(H,21,23,25)/t18-/m0/s1. The van der Waals surface area contributed by atoms with Crippen LogP contribution in [0.5, 0.6) is 11.5 Å². The SMILES string of the molecule is CC(C)[C@H](NC(=O)Cn1ccc(=O)[nH]c1=O)c1ccc2c(c1)OCCCO2. The van der Waals surface area contributed by atoms with Gasteiger partial charge >= 0.3 is 5.69 Å². The maximum absolute atomic E-state index is 12.5. The Bertz CT molecular complexity index is 931. The summed E-state index contributed by atoms with van der Waals surface area (Å²) < 4.78 is 12.5. The number of benzene rings is 1. The van der Waals surface area contributed by atoms with Crippen molar-refractivity contribution in [1.82, 2.24) is 14.9 Å². The highest BCUT2D eigenvalue weighted by atomic mass is 16.5. The van der Waals surface area contributed by atoms with Gasteiger partial charge in [0.25, 0.3) is 5.56 Å². The van der Waals surface area contributed by atoms with Gasteiger partial charge < -0.3 is 14.8 Å². The predicted octanol–water partition coefficient (Wildman–Crippen LogP) is 1.21. The summed E-state index contributed by atoms with van der Waals surface area (Å²) in [7, 11) is 0. The maximum Gasteiger partial charge on any atom is 0.328 e. The Morgan fingerprint density at radius 3 is 2.63 bits per heavy atom. The lowest BCUT2D eigenvalue weighted by molar-refractivity contribution is -0.122. The van der Waals surface area contributed by atoms with E-state index in [4.69, 9.17) is 9.47 Å². The lowest BCUT2D eigenvalue weighted by Gasteiger charge is -2.24. The Labute approximate surface area is 156 Å². The highest BCUT2D eigenvalue weighted by Crippen LogP contribution is 2.34. The summed E-state index contributed by atoms with van der Waals surface area (Å²) >= 11 is 0. The zero-order valence-corrected chi connectivity index (χ0v) is 15.4. The Morgan fingerprint density at radius 1 is 1.19 bits per heavy atom. The molecule has 8 heteroatoms. The number of rotatable bonds is 5. The second-order valence-electron chi connectivity index (χ2n) is 6.78. The number of carbonyl (C=O) groups excluding carboxylic acids is 1. The number of aromatic nitrogens is 2. The number of nitrogens with zero attached hydrogens (tertiary/aromatic N) is 1. The normalized spacial score (nSPS) is 14.5. The molecule has 0 saturated carbocycles. The van der Waals surface area contributed by atoms with Crippen molar-refractivity contribution in [3.8, 4) is 11.5 Å². The average Bonchev–Trinajstić information content (AvgIpc) is 2.86. The lowest BCUT2D eigenvalue weighted by Crippen LogP contribution is -2.38. The first-order chi connectivity index (χ1) is 12.9. The number of ether oxygens (including phenoxy) is 2. The summed E-state index contributed by atoms with van der Waals surface area (Å²) in [5, 5.41) is 2.96. The van der Waals surface area contributed by atoms with E-state index in [0.29, 0.717) is 24.7 Å². The first-order valence-corrected chi connectivity index (χ1v) is 8.92. The molecule has 1 atom stereocenters. The molecule has 0 saturated heterocycles. The predicted molar refractivity (Wildman–Crippen MR) is 99.1 cm³/mol. The molecule has 1 aliphatic heterocycles. The average molecular weight is 373 g/mol. The van der Waals surface area contributed by atoms with Crippen LogP contribution in [0.1, 0.15) is 31.9 Å². The number of amides is 1. The van der Waals surface area contributed by atoms with E-state index >= 15 is 0 Å². The lowest BCUT2D eigenvalue weighted by atomic mass is 9.95. The summed E-state index contributed by atoms with van der Waals surface area (Å²) in [5.74, 6) is 1.16. The minimum Gasteiger partial charge on any atom is -0.490 e. The smallest absolute Gasteiger partial charge is 0.328 e. The molecule has 0 bridgehead atoms. The van der Waals surface area contributed by atoms with Crippen LogP contribution in [-0.4, -0.2) is 28.7 Å². The van der Waals surface area contributed by atoms with Gasteiger partial charge in [-0.15, -0.1) is 0 Å². The van der Waals surface area contributed by atoms with Crippen molar-refractivity contribution < 1.29 is 14.3 Å². The molecule has 0 spiro atoms. The number of hydrogen-bond acceptors (Lipinski definition) is 5. The van der Waals surface area contributed by atoms with Gasteiger partial charge in [-0.1, -0.05) is 19.9 Å². The zero-order valence-electron chi connectivity index (χ0n) is 15.4. The molecular formula is C19H23N3O5. The van der Waals surface area contributed by atoms with E-state index in [-0.39, 0.29) is 24.4 Å². The van der Waals surface area contributed by atoms with Crippen molar-refractivity contribution in [1.29, 1.82) is 0 Å². The zero-order chi connectivity index (χ0) is 19.4. The Morgan fingerprint density at radius 2 is 1.93 bits per heavy atom. The molecular weight excluding hydrogens is 350 g/mol. The van der Waals surface area contributed by atoms with E-state index in [1.54, 1.807) is 0 Å². The van der Waals surface area contributed by atoms with Gasteiger partial charge in [-0.05, 0) is 23.6 Å². The number of carbonyl (C=O) groups is 1. The summed E-state index contributed by atoms with van der Waals surface area (Å²) in [4.78, 5) is 37.5. The fourth-order valence-electron chi connectivity index (χ4n) is 2.95. The van der Waals surface area contributed by atoms with E-state index in [2.05, 4.69) is 10.3 Å². The van der Waals surface area contributed by atoms with Crippen LogP contribution < -0.4 is 26.0 Å². The summed E-state index contributed by atoms with van der Waals surface area (Å²) in [6, 6.07) is 6.60. The van der Waals surface area contributed by atoms with Gasteiger partial charge in [0, 0.05) is 18.7 Å². The van der Waals surface area contributed by atoms with Crippen molar-refractivity contribution in [2.24, 2.45) is 5.92 Å². The maximum atomic E-state index is 12.5. The van der Waals surface area contributed by atoms with Crippen molar-refractivity contribution in [3.63, 3.8) is 0 Å². The number of nitrogens with one attached hydrogen (secondary N) is 2. The highest BCUT2D eigenvalue weighted by molar-refractivity contribution is 5.76. The van der Waals surface area contributed by atoms with E-state index in [1.807, 2.05) is 32.0 Å². The highest BCUT2D eigenvalue weighted by Gasteiger charge is 2.21. The van der Waals surface area contributed by atoms with Crippen LogP contribution in [0.15, 0.2) is 40.1 Å². The van der Waals surface area contributed by atoms with E-state index in [0.717, 1.165) is 16.6 Å². The third-order valence-corrected chi connectivity index (χ3v) is 4.32. The van der Waals surface area contributed by atoms with Gasteiger partial charge in [-0.3, -0.25) is 19.1 Å². The summed E-state index contributed by atoms with van der Waals surface area (Å²) in [6.45, 7) is 5.03. The van der Waals surface area contributed by atoms with Crippen molar-refractivity contribution in [2.75, 3.05) is 13.2 Å². The van der Waals surface area contributed by atoms with Crippen molar-refractivity contribution in [2.45, 2.75) is 32.9 Å². The molecule has 27 heavy (non-hydrogen) atoms. The number of fused-ring (bicyclic) bond motifs is 1. The van der Waals surface area contributed by atoms with E-state index in [9.17, 15) is 14.4 Å². The molecule has 0 unspecified atom stereocenters. The molecule has 1 aliphatic rings. The number of H-pyrrole nitrogens is 1.